The molecule has 2 atom stereocenters. The van der Waals surface area contributed by atoms with Crippen LogP contribution < -0.4 is 0 Å². The molecule has 0 radical (unpaired) electrons. The quantitative estimate of drug-likeness (QED) is 0.448. The molecule has 0 aromatic heterocycles. The maximum atomic E-state index is 11.6. The Morgan fingerprint density at radius 1 is 1.06 bits per heavy atom. The van der Waals surface area contributed by atoms with Gasteiger partial charge in [-0.15, -0.1) is 0 Å². The normalized spacial score (nSPS) is 16.7. The Labute approximate surface area is 105 Å². The van der Waals surface area contributed by atoms with E-state index in [1.165, 1.54) is 0 Å². The molecule has 0 aliphatic carbocycles. The summed E-state index contributed by atoms with van der Waals surface area (Å²) in [6, 6.07) is 0. The molecular formula is C12H27O4P. The van der Waals surface area contributed by atoms with Gasteiger partial charge in [0, 0.05) is 0 Å². The van der Waals surface area contributed by atoms with E-state index in [2.05, 4.69) is 6.92 Å². The van der Waals surface area contributed by atoms with Crippen molar-refractivity contribution in [3.8, 4) is 0 Å². The summed E-state index contributed by atoms with van der Waals surface area (Å²) < 4.78 is 21.8. The van der Waals surface area contributed by atoms with Gasteiger partial charge < -0.3 is 4.89 Å². The molecule has 0 fully saturated rings. The lowest BCUT2D eigenvalue weighted by Gasteiger charge is -2.20. The highest BCUT2D eigenvalue weighted by Crippen LogP contribution is 2.46. The average molecular weight is 266 g/mol. The van der Waals surface area contributed by atoms with Crippen molar-refractivity contribution in [2.45, 2.75) is 71.8 Å². The fraction of sp³-hybridized carbons (Fsp3) is 1.00. The van der Waals surface area contributed by atoms with E-state index in [1.54, 1.807) is 0 Å². The fourth-order valence-electron chi connectivity index (χ4n) is 1.55. The molecule has 0 heterocycles. The second kappa shape index (κ2) is 10.1. The Balaban J connectivity index is 4.06. The minimum Gasteiger partial charge on any atom is -0.302 e. The van der Waals surface area contributed by atoms with E-state index >= 15 is 0 Å². The Bertz CT molecular complexity index is 221. The third-order valence-corrected chi connectivity index (χ3v) is 3.60. The molecule has 0 aromatic carbocycles. The number of rotatable bonds is 11. The molecule has 2 unspecified atom stereocenters. The van der Waals surface area contributed by atoms with Crippen molar-refractivity contribution >= 4 is 7.82 Å². The molecule has 0 aliphatic rings. The monoisotopic (exact) mass is 266 g/mol. The largest absolute Gasteiger partial charge is 0.472 e. The highest BCUT2D eigenvalue weighted by molar-refractivity contribution is 7.47. The van der Waals surface area contributed by atoms with Crippen LogP contribution in [0.15, 0.2) is 0 Å². The Hall–Kier alpha value is 0.110. The van der Waals surface area contributed by atoms with Crippen LogP contribution in [-0.2, 0) is 13.6 Å². The van der Waals surface area contributed by atoms with Crippen molar-refractivity contribution in [1.82, 2.24) is 0 Å². The highest BCUT2D eigenvalue weighted by Gasteiger charge is 2.25. The van der Waals surface area contributed by atoms with Crippen molar-refractivity contribution in [3.63, 3.8) is 0 Å². The molecule has 104 valence electrons. The van der Waals surface area contributed by atoms with Gasteiger partial charge in [-0.25, -0.2) is 4.57 Å². The van der Waals surface area contributed by atoms with Crippen molar-refractivity contribution in [2.75, 3.05) is 6.61 Å². The van der Waals surface area contributed by atoms with Crippen LogP contribution in [-0.4, -0.2) is 17.6 Å². The van der Waals surface area contributed by atoms with E-state index in [1.807, 2.05) is 13.8 Å². The van der Waals surface area contributed by atoms with E-state index in [-0.39, 0.29) is 12.7 Å². The van der Waals surface area contributed by atoms with Crippen LogP contribution in [0.3, 0.4) is 0 Å². The first-order chi connectivity index (χ1) is 8.05. The summed E-state index contributed by atoms with van der Waals surface area (Å²) in [6.07, 6.45) is 6.22. The van der Waals surface area contributed by atoms with E-state index < -0.39 is 7.82 Å². The number of phosphoric ester groups is 1. The zero-order chi connectivity index (χ0) is 13.1. The summed E-state index contributed by atoms with van der Waals surface area (Å²) in [4.78, 5) is 9.55. The average Bonchev–Trinajstić information content (AvgIpc) is 2.26. The smallest absolute Gasteiger partial charge is 0.302 e. The lowest BCUT2D eigenvalue weighted by Crippen LogP contribution is -2.12. The number of hydrogen-bond donors (Lipinski definition) is 1. The van der Waals surface area contributed by atoms with Crippen LogP contribution >= 0.6 is 7.82 Å². The number of unbranched alkanes of at least 4 members (excludes halogenated alkanes) is 2. The summed E-state index contributed by atoms with van der Waals surface area (Å²) >= 11 is 0. The maximum Gasteiger partial charge on any atom is 0.472 e. The maximum absolute atomic E-state index is 11.6. The van der Waals surface area contributed by atoms with Gasteiger partial charge in [0.25, 0.3) is 0 Å². The van der Waals surface area contributed by atoms with Crippen molar-refractivity contribution in [1.29, 1.82) is 0 Å². The number of hydrogen-bond acceptors (Lipinski definition) is 3. The fourth-order valence-corrected chi connectivity index (χ4v) is 2.55. The standard InChI is InChI=1S/C12H27O4P/c1-4-7-10-12(9-6-3)16-17(13,14)15-11-8-5-2/h12H,4-11H2,1-3H3,(H,13,14). The molecular weight excluding hydrogens is 239 g/mol. The molecule has 4 nitrogen and oxygen atoms in total. The molecule has 0 aromatic rings. The van der Waals surface area contributed by atoms with Crippen LogP contribution in [0.1, 0.15) is 65.7 Å². The molecule has 0 rings (SSSR count). The molecule has 1 N–H and O–H groups in total. The molecule has 0 aliphatic heterocycles. The first kappa shape index (κ1) is 17.1. The summed E-state index contributed by atoms with van der Waals surface area (Å²) in [6.45, 7) is 6.44. The predicted molar refractivity (Wildman–Crippen MR) is 70.0 cm³/mol. The Kier molecular flexibility index (Phi) is 10.1. The zero-order valence-electron chi connectivity index (χ0n) is 11.4. The predicted octanol–water partition coefficient (Wildman–Crippen LogP) is 4.28. The molecule has 17 heavy (non-hydrogen) atoms. The topological polar surface area (TPSA) is 55.8 Å². The Morgan fingerprint density at radius 2 is 1.71 bits per heavy atom. The summed E-state index contributed by atoms with van der Waals surface area (Å²) in [5, 5.41) is 0. The minimum absolute atomic E-state index is 0.155. The van der Waals surface area contributed by atoms with Crippen molar-refractivity contribution in [2.24, 2.45) is 0 Å². The van der Waals surface area contributed by atoms with Crippen LogP contribution in [0.5, 0.6) is 0 Å². The third kappa shape index (κ3) is 9.78. The second-order valence-electron chi connectivity index (χ2n) is 4.31. The van der Waals surface area contributed by atoms with Gasteiger partial charge in [0.05, 0.1) is 12.7 Å². The van der Waals surface area contributed by atoms with Crippen LogP contribution in [0.2, 0.25) is 0 Å². The van der Waals surface area contributed by atoms with E-state index in [4.69, 9.17) is 9.05 Å². The first-order valence-corrected chi connectivity index (χ1v) is 8.21. The Morgan fingerprint density at radius 3 is 2.24 bits per heavy atom. The van der Waals surface area contributed by atoms with Gasteiger partial charge in [-0.2, -0.15) is 0 Å². The number of phosphoric acid groups is 1. The van der Waals surface area contributed by atoms with E-state index in [0.29, 0.717) is 0 Å². The summed E-state index contributed by atoms with van der Waals surface area (Å²) in [5.41, 5.74) is 0. The van der Waals surface area contributed by atoms with Gasteiger partial charge in [0.15, 0.2) is 0 Å². The van der Waals surface area contributed by atoms with Gasteiger partial charge in [0.2, 0.25) is 0 Å². The third-order valence-electron chi connectivity index (χ3n) is 2.52. The van der Waals surface area contributed by atoms with Crippen LogP contribution in [0.4, 0.5) is 0 Å². The SMILES string of the molecule is CCCCOP(=O)(O)OC(CCC)CCCC. The van der Waals surface area contributed by atoms with Gasteiger partial charge in [-0.1, -0.05) is 46.5 Å². The molecule has 0 spiro atoms. The lowest BCUT2D eigenvalue weighted by molar-refractivity contribution is 0.0919. The van der Waals surface area contributed by atoms with Gasteiger partial charge in [0.1, 0.15) is 0 Å². The first-order valence-electron chi connectivity index (χ1n) is 6.71. The summed E-state index contributed by atoms with van der Waals surface area (Å²) in [5.74, 6) is 0. The van der Waals surface area contributed by atoms with Crippen molar-refractivity contribution in [3.05, 3.63) is 0 Å². The van der Waals surface area contributed by atoms with E-state index in [0.717, 1.165) is 44.9 Å². The van der Waals surface area contributed by atoms with Crippen LogP contribution in [0, 0.1) is 0 Å². The van der Waals surface area contributed by atoms with Gasteiger partial charge in [-0.3, -0.25) is 9.05 Å². The molecule has 0 amide bonds. The zero-order valence-corrected chi connectivity index (χ0v) is 12.2. The molecule has 0 bridgehead atoms. The summed E-state index contributed by atoms with van der Waals surface area (Å²) in [7, 11) is -3.85. The molecule has 0 saturated carbocycles. The minimum atomic E-state index is -3.85. The second-order valence-corrected chi connectivity index (χ2v) is 5.72. The van der Waals surface area contributed by atoms with E-state index in [9.17, 15) is 9.46 Å². The molecule has 0 saturated heterocycles. The van der Waals surface area contributed by atoms with Gasteiger partial charge >= 0.3 is 7.82 Å². The molecule has 5 heteroatoms. The lowest BCUT2D eigenvalue weighted by atomic mass is 10.1. The van der Waals surface area contributed by atoms with Crippen LogP contribution in [0.25, 0.3) is 0 Å². The van der Waals surface area contributed by atoms with Crippen molar-refractivity contribution < 1.29 is 18.5 Å². The highest BCUT2D eigenvalue weighted by atomic mass is 31.2. The van der Waals surface area contributed by atoms with Gasteiger partial charge in [-0.05, 0) is 19.3 Å².